The Balaban J connectivity index is 1.34. The fourth-order valence-electron chi connectivity index (χ4n) is 5.30. The molecule has 0 atom stereocenters. The van der Waals surface area contributed by atoms with E-state index in [4.69, 9.17) is 4.74 Å². The molecule has 0 aliphatic heterocycles. The van der Waals surface area contributed by atoms with Gasteiger partial charge in [0.05, 0.1) is 22.3 Å². The summed E-state index contributed by atoms with van der Waals surface area (Å²) in [5, 5.41) is 23.0. The van der Waals surface area contributed by atoms with Crippen molar-refractivity contribution in [2.24, 2.45) is 0 Å². The van der Waals surface area contributed by atoms with E-state index in [-0.39, 0.29) is 28.3 Å². The number of para-hydroxylation sites is 1. The van der Waals surface area contributed by atoms with Crippen LogP contribution in [-0.2, 0) is 0 Å². The molecule has 10 nitrogen and oxygen atoms in total. The lowest BCUT2D eigenvalue weighted by Gasteiger charge is -2.20. The number of carbonyl (C=O) groups excluding carboxylic acids is 3. The summed E-state index contributed by atoms with van der Waals surface area (Å²) >= 11 is 0. The molecule has 0 saturated heterocycles. The maximum absolute atomic E-state index is 13.8. The molecule has 0 fully saturated rings. The second kappa shape index (κ2) is 11.8. The number of phenols is 1. The molecule has 5 aromatic carbocycles. The van der Waals surface area contributed by atoms with Crippen LogP contribution in [0.25, 0.3) is 21.8 Å². The molecule has 6 rings (SSSR count). The van der Waals surface area contributed by atoms with Crippen LogP contribution in [0.5, 0.6) is 11.5 Å². The first-order valence-electron chi connectivity index (χ1n) is 14.6. The maximum Gasteiger partial charge on any atom is 0.350 e. The Bertz CT molecular complexity index is 2200. The Morgan fingerprint density at radius 3 is 2.28 bits per heavy atom. The van der Waals surface area contributed by atoms with Gasteiger partial charge in [0, 0.05) is 23.5 Å². The van der Waals surface area contributed by atoms with Gasteiger partial charge in [0.25, 0.3) is 5.91 Å². The number of nitrogens with one attached hydrogen (secondary N) is 1. The molecule has 0 radical (unpaired) electrons. The zero-order valence-corrected chi connectivity index (χ0v) is 26.0. The van der Waals surface area contributed by atoms with Crippen molar-refractivity contribution in [1.82, 2.24) is 15.0 Å². The number of benzene rings is 5. The lowest BCUT2D eigenvalue weighted by Crippen LogP contribution is -2.33. The summed E-state index contributed by atoms with van der Waals surface area (Å²) in [5.74, 6) is -1.50. The number of phenolic OH excluding ortho intramolecular Hbond substituents is 1. The van der Waals surface area contributed by atoms with Crippen molar-refractivity contribution in [2.45, 2.75) is 27.7 Å². The summed E-state index contributed by atoms with van der Waals surface area (Å²) in [6, 6.07) is 23.5. The summed E-state index contributed by atoms with van der Waals surface area (Å²) < 4.78 is 7.10. The highest BCUT2D eigenvalue weighted by Gasteiger charge is 2.25. The largest absolute Gasteiger partial charge is 0.506 e. The summed E-state index contributed by atoms with van der Waals surface area (Å²) in [6.45, 7) is 7.69. The number of amides is 2. The highest BCUT2D eigenvalue weighted by atomic mass is 16.5. The number of aromatic nitrogens is 3. The van der Waals surface area contributed by atoms with Crippen molar-refractivity contribution in [3.05, 3.63) is 118 Å². The lowest BCUT2D eigenvalue weighted by molar-refractivity contribution is 0.0736. The minimum atomic E-state index is -0.762. The van der Waals surface area contributed by atoms with E-state index in [1.165, 1.54) is 22.7 Å². The lowest BCUT2D eigenvalue weighted by atomic mass is 10.0. The SMILES string of the molecule is Cc1ccc(C)c(NC(=O)c2cc(OC(=O)c3ccccc3N(C)C(=O)n3nnc4cc(C)c(C)cc43)c3ccccc3c2O)c1. The van der Waals surface area contributed by atoms with Crippen molar-refractivity contribution < 1.29 is 24.2 Å². The Morgan fingerprint density at radius 1 is 0.804 bits per heavy atom. The highest BCUT2D eigenvalue weighted by molar-refractivity contribution is 6.12. The van der Waals surface area contributed by atoms with Crippen molar-refractivity contribution in [2.75, 3.05) is 17.3 Å². The molecule has 0 aliphatic rings. The smallest absolute Gasteiger partial charge is 0.350 e. The summed E-state index contributed by atoms with van der Waals surface area (Å²) in [7, 11) is 1.54. The standard InChI is InChI=1S/C36H31N5O5/c1-20-14-15-21(2)28(16-20)37-34(43)27-19-32(24-10-6-7-11-25(24)33(27)42)46-35(44)26-12-8-9-13-30(26)40(5)36(45)41-31-18-23(4)22(3)17-29(31)38-39-41/h6-19,42H,1-5H3,(H,37,43). The predicted octanol–water partition coefficient (Wildman–Crippen LogP) is 7.10. The molecule has 2 N–H and O–H groups in total. The number of aryl methyl sites for hydroxylation is 4. The summed E-state index contributed by atoms with van der Waals surface area (Å²) in [4.78, 5) is 42.2. The van der Waals surface area contributed by atoms with Gasteiger partial charge in [-0.3, -0.25) is 9.69 Å². The van der Waals surface area contributed by atoms with Gasteiger partial charge in [-0.1, -0.05) is 53.7 Å². The fourth-order valence-corrected chi connectivity index (χ4v) is 5.30. The average Bonchev–Trinajstić information content (AvgIpc) is 3.45. The van der Waals surface area contributed by atoms with Gasteiger partial charge in [0.1, 0.15) is 17.0 Å². The number of esters is 1. The van der Waals surface area contributed by atoms with E-state index in [2.05, 4.69) is 15.6 Å². The van der Waals surface area contributed by atoms with Gasteiger partial charge in [-0.15, -0.1) is 5.10 Å². The minimum Gasteiger partial charge on any atom is -0.506 e. The number of anilines is 2. The van der Waals surface area contributed by atoms with Crippen LogP contribution in [0.15, 0.2) is 84.9 Å². The van der Waals surface area contributed by atoms with E-state index >= 15 is 0 Å². The topological polar surface area (TPSA) is 127 Å². The van der Waals surface area contributed by atoms with Crippen molar-refractivity contribution in [3.63, 3.8) is 0 Å². The molecule has 2 amide bonds. The minimum absolute atomic E-state index is 0.0634. The number of carbonyl (C=O) groups is 3. The molecule has 6 aromatic rings. The van der Waals surface area contributed by atoms with Gasteiger partial charge in [0.15, 0.2) is 0 Å². The molecule has 1 aromatic heterocycles. The summed E-state index contributed by atoms with van der Waals surface area (Å²) in [5.41, 5.74) is 5.87. The van der Waals surface area contributed by atoms with Gasteiger partial charge >= 0.3 is 12.0 Å². The van der Waals surface area contributed by atoms with Crippen LogP contribution in [0.2, 0.25) is 0 Å². The van der Waals surface area contributed by atoms with Gasteiger partial charge in [0.2, 0.25) is 0 Å². The van der Waals surface area contributed by atoms with Crippen molar-refractivity contribution >= 4 is 51.1 Å². The molecule has 10 heteroatoms. The van der Waals surface area contributed by atoms with Crippen LogP contribution in [-0.4, -0.2) is 45.1 Å². The van der Waals surface area contributed by atoms with E-state index in [1.807, 2.05) is 58.0 Å². The second-order valence-electron chi connectivity index (χ2n) is 11.3. The van der Waals surface area contributed by atoms with E-state index < -0.39 is 17.9 Å². The van der Waals surface area contributed by atoms with Crippen LogP contribution in [0.1, 0.15) is 43.0 Å². The van der Waals surface area contributed by atoms with Crippen LogP contribution >= 0.6 is 0 Å². The molecule has 0 aliphatic carbocycles. The summed E-state index contributed by atoms with van der Waals surface area (Å²) in [6.07, 6.45) is 0. The molecule has 1 heterocycles. The number of fused-ring (bicyclic) bond motifs is 2. The van der Waals surface area contributed by atoms with E-state index in [9.17, 15) is 19.5 Å². The number of nitrogens with zero attached hydrogens (tertiary/aromatic N) is 4. The van der Waals surface area contributed by atoms with Gasteiger partial charge in [-0.25, -0.2) is 9.59 Å². The van der Waals surface area contributed by atoms with Crippen molar-refractivity contribution in [3.8, 4) is 11.5 Å². The predicted molar refractivity (Wildman–Crippen MR) is 177 cm³/mol. The third kappa shape index (κ3) is 5.41. The Kier molecular flexibility index (Phi) is 7.71. The van der Waals surface area contributed by atoms with Crippen LogP contribution in [0, 0.1) is 27.7 Å². The zero-order valence-electron chi connectivity index (χ0n) is 26.0. The molecule has 0 saturated carbocycles. The highest BCUT2D eigenvalue weighted by Crippen LogP contribution is 2.37. The maximum atomic E-state index is 13.8. The Labute approximate surface area is 264 Å². The fraction of sp³-hybridized carbons (Fsp3) is 0.139. The third-order valence-corrected chi connectivity index (χ3v) is 8.08. The molecule has 230 valence electrons. The average molecular weight is 614 g/mol. The number of aromatic hydroxyl groups is 1. The monoisotopic (exact) mass is 613 g/mol. The van der Waals surface area contributed by atoms with E-state index in [0.29, 0.717) is 27.5 Å². The third-order valence-electron chi connectivity index (χ3n) is 8.08. The molecule has 0 unspecified atom stereocenters. The second-order valence-corrected chi connectivity index (χ2v) is 11.3. The Hall–Kier alpha value is -6.03. The van der Waals surface area contributed by atoms with Gasteiger partial charge in [-0.2, -0.15) is 4.68 Å². The normalized spacial score (nSPS) is 11.1. The molecular formula is C36H31N5O5. The molecular weight excluding hydrogens is 582 g/mol. The van der Waals surface area contributed by atoms with Crippen LogP contribution in [0.3, 0.4) is 0 Å². The van der Waals surface area contributed by atoms with Gasteiger partial charge < -0.3 is 15.2 Å². The molecule has 46 heavy (non-hydrogen) atoms. The number of hydrogen-bond donors (Lipinski definition) is 2. The van der Waals surface area contributed by atoms with Crippen molar-refractivity contribution in [1.29, 1.82) is 0 Å². The molecule has 0 spiro atoms. The van der Waals surface area contributed by atoms with Crippen LogP contribution < -0.4 is 15.0 Å². The first-order valence-corrected chi connectivity index (χ1v) is 14.6. The molecule has 0 bridgehead atoms. The van der Waals surface area contributed by atoms with Crippen LogP contribution in [0.4, 0.5) is 16.2 Å². The van der Waals surface area contributed by atoms with Gasteiger partial charge in [-0.05, 0) is 86.3 Å². The number of hydrogen-bond acceptors (Lipinski definition) is 7. The number of ether oxygens (including phenoxy) is 1. The quantitative estimate of drug-likeness (QED) is 0.157. The first kappa shape index (κ1) is 30.0. The zero-order chi connectivity index (χ0) is 32.7. The van der Waals surface area contributed by atoms with E-state index in [1.54, 1.807) is 48.5 Å². The number of rotatable bonds is 5. The van der Waals surface area contributed by atoms with E-state index in [0.717, 1.165) is 22.3 Å². The Morgan fingerprint density at radius 2 is 1.50 bits per heavy atom. The first-order chi connectivity index (χ1) is 22.0.